The maximum absolute atomic E-state index is 12.5. The molecule has 0 aliphatic rings. The van der Waals surface area contributed by atoms with Crippen molar-refractivity contribution in [3.05, 3.63) is 75.5 Å². The molecule has 1 aromatic heterocycles. The molecule has 1 heterocycles. The van der Waals surface area contributed by atoms with Gasteiger partial charge in [-0.2, -0.15) is 0 Å². The van der Waals surface area contributed by atoms with Crippen molar-refractivity contribution in [1.82, 2.24) is 9.78 Å². The minimum atomic E-state index is -3.73. The van der Waals surface area contributed by atoms with E-state index in [1.807, 2.05) is 18.2 Å². The summed E-state index contributed by atoms with van der Waals surface area (Å²) in [4.78, 5) is 12.5. The lowest BCUT2D eigenvalue weighted by atomic mass is 10.3. The number of para-hydroxylation sites is 1. The highest BCUT2D eigenvalue weighted by Gasteiger charge is 2.07. The van der Waals surface area contributed by atoms with Gasteiger partial charge in [-0.25, -0.2) is 18.2 Å². The van der Waals surface area contributed by atoms with Gasteiger partial charge in [0.15, 0.2) is 0 Å². The molecule has 0 bridgehead atoms. The lowest BCUT2D eigenvalue weighted by Crippen LogP contribution is -2.34. The van der Waals surface area contributed by atoms with Crippen molar-refractivity contribution >= 4 is 28.5 Å². The standard InChI is InChI=1S/C17H16N4O3S/c1-12-16(17(22)21(20-12)14-5-3-2-4-6-14)11-19-13-7-9-15(10-8-13)25(18,23)24/h2-11,19-20H,1H2,(H2,18,23,24)/b16-11-. The molecule has 25 heavy (non-hydrogen) atoms. The van der Waals surface area contributed by atoms with Gasteiger partial charge in [0, 0.05) is 11.9 Å². The third-order valence-corrected chi connectivity index (χ3v) is 4.52. The second kappa shape index (κ2) is 6.42. The Kier molecular flexibility index (Phi) is 4.30. The summed E-state index contributed by atoms with van der Waals surface area (Å²) in [5.41, 5.74) is 1.07. The van der Waals surface area contributed by atoms with Crippen LogP contribution in [0.1, 0.15) is 0 Å². The van der Waals surface area contributed by atoms with Crippen molar-refractivity contribution in [2.45, 2.75) is 4.90 Å². The van der Waals surface area contributed by atoms with Crippen LogP contribution in [0.25, 0.3) is 18.5 Å². The Morgan fingerprint density at radius 3 is 2.32 bits per heavy atom. The molecule has 0 fully saturated rings. The quantitative estimate of drug-likeness (QED) is 0.614. The molecule has 0 atom stereocenters. The van der Waals surface area contributed by atoms with Crippen molar-refractivity contribution in [3.8, 4) is 5.69 Å². The summed E-state index contributed by atoms with van der Waals surface area (Å²) in [6, 6.07) is 15.0. The molecule has 4 N–H and O–H groups in total. The van der Waals surface area contributed by atoms with Gasteiger partial charge in [-0.05, 0) is 36.4 Å². The maximum Gasteiger partial charge on any atom is 0.280 e. The first kappa shape index (κ1) is 16.7. The molecule has 0 aliphatic heterocycles. The Hall–Kier alpha value is -3.10. The molecule has 0 unspecified atom stereocenters. The number of benzene rings is 2. The van der Waals surface area contributed by atoms with Gasteiger partial charge in [0.25, 0.3) is 5.56 Å². The largest absolute Gasteiger partial charge is 0.361 e. The first-order chi connectivity index (χ1) is 11.9. The molecular weight excluding hydrogens is 340 g/mol. The molecule has 3 aromatic rings. The zero-order valence-electron chi connectivity index (χ0n) is 13.1. The second-order valence-corrected chi connectivity index (χ2v) is 6.90. The van der Waals surface area contributed by atoms with Crippen molar-refractivity contribution in [3.63, 3.8) is 0 Å². The summed E-state index contributed by atoms with van der Waals surface area (Å²) in [5.74, 6) is 0. The Bertz CT molecular complexity index is 1160. The van der Waals surface area contributed by atoms with Gasteiger partial charge in [0.1, 0.15) is 0 Å². The van der Waals surface area contributed by atoms with Crippen LogP contribution in [0.2, 0.25) is 0 Å². The minimum absolute atomic E-state index is 0.0176. The Labute approximate surface area is 143 Å². The van der Waals surface area contributed by atoms with Crippen molar-refractivity contribution in [1.29, 1.82) is 0 Å². The van der Waals surface area contributed by atoms with Gasteiger partial charge >= 0.3 is 0 Å². The van der Waals surface area contributed by atoms with E-state index in [0.717, 1.165) is 0 Å². The highest BCUT2D eigenvalue weighted by atomic mass is 32.2. The molecule has 0 spiro atoms. The number of aromatic amines is 1. The van der Waals surface area contributed by atoms with E-state index in [2.05, 4.69) is 17.0 Å². The zero-order chi connectivity index (χ0) is 18.0. The van der Waals surface area contributed by atoms with E-state index in [4.69, 9.17) is 5.14 Å². The van der Waals surface area contributed by atoms with Crippen LogP contribution < -0.4 is 26.6 Å². The van der Waals surface area contributed by atoms with Gasteiger partial charge in [-0.3, -0.25) is 9.89 Å². The highest BCUT2D eigenvalue weighted by Crippen LogP contribution is 2.12. The number of hydrogen-bond donors (Lipinski definition) is 3. The molecule has 128 valence electrons. The number of nitrogens with two attached hydrogens (primary N) is 1. The molecule has 0 aliphatic carbocycles. The lowest BCUT2D eigenvalue weighted by Gasteiger charge is -2.01. The molecule has 2 aromatic carbocycles. The fourth-order valence-electron chi connectivity index (χ4n) is 2.30. The molecule has 7 nitrogen and oxygen atoms in total. The summed E-state index contributed by atoms with van der Waals surface area (Å²) in [7, 11) is -3.73. The second-order valence-electron chi connectivity index (χ2n) is 5.34. The Morgan fingerprint density at radius 2 is 1.72 bits per heavy atom. The predicted molar refractivity (Wildman–Crippen MR) is 97.1 cm³/mol. The number of primary sulfonamides is 1. The van der Waals surface area contributed by atoms with E-state index >= 15 is 0 Å². The molecule has 0 saturated heterocycles. The summed E-state index contributed by atoms with van der Waals surface area (Å²) in [6.07, 6.45) is 1.52. The Morgan fingerprint density at radius 1 is 1.08 bits per heavy atom. The first-order valence-corrected chi connectivity index (χ1v) is 8.86. The van der Waals surface area contributed by atoms with E-state index in [9.17, 15) is 13.2 Å². The van der Waals surface area contributed by atoms with E-state index in [1.54, 1.807) is 24.3 Å². The number of hydrogen-bond acceptors (Lipinski definition) is 4. The average molecular weight is 356 g/mol. The van der Waals surface area contributed by atoms with Crippen molar-refractivity contribution in [2.24, 2.45) is 5.14 Å². The van der Waals surface area contributed by atoms with E-state index in [-0.39, 0.29) is 10.5 Å². The third-order valence-electron chi connectivity index (χ3n) is 3.59. The number of anilines is 1. The van der Waals surface area contributed by atoms with E-state index < -0.39 is 10.0 Å². The number of nitrogens with one attached hydrogen (secondary N) is 2. The first-order valence-electron chi connectivity index (χ1n) is 7.31. The topological polar surface area (TPSA) is 110 Å². The van der Waals surface area contributed by atoms with Gasteiger partial charge in [0.05, 0.1) is 21.2 Å². The van der Waals surface area contributed by atoms with Crippen molar-refractivity contribution < 1.29 is 8.42 Å². The van der Waals surface area contributed by atoms with Crippen LogP contribution in [0.5, 0.6) is 0 Å². The maximum atomic E-state index is 12.5. The number of sulfonamides is 1. The number of aromatic nitrogens is 2. The normalized spacial score (nSPS) is 12.3. The third kappa shape index (κ3) is 3.54. The molecule has 0 saturated carbocycles. The number of H-pyrrole nitrogens is 1. The van der Waals surface area contributed by atoms with Crippen LogP contribution >= 0.6 is 0 Å². The summed E-state index contributed by atoms with van der Waals surface area (Å²) in [5, 5.41) is 11.8. The monoisotopic (exact) mass is 356 g/mol. The van der Waals surface area contributed by atoms with Crippen LogP contribution in [0.15, 0.2) is 64.3 Å². The van der Waals surface area contributed by atoms with Gasteiger partial charge in [0.2, 0.25) is 10.0 Å². The molecular formula is C17H16N4O3S. The highest BCUT2D eigenvalue weighted by molar-refractivity contribution is 7.89. The summed E-state index contributed by atoms with van der Waals surface area (Å²) >= 11 is 0. The summed E-state index contributed by atoms with van der Waals surface area (Å²) in [6.45, 7) is 3.84. The van der Waals surface area contributed by atoms with Crippen LogP contribution in [-0.2, 0) is 10.0 Å². The predicted octanol–water partition coefficient (Wildman–Crippen LogP) is 0.0734. The number of rotatable bonds is 4. The molecule has 0 amide bonds. The molecule has 0 radical (unpaired) electrons. The molecule has 8 heteroatoms. The van der Waals surface area contributed by atoms with E-state index in [1.165, 1.54) is 23.0 Å². The Balaban J connectivity index is 1.94. The van der Waals surface area contributed by atoms with Crippen LogP contribution in [0.4, 0.5) is 5.69 Å². The SMILES string of the molecule is C=c1[nH]n(-c2ccccc2)c(=O)/c1=C\Nc1ccc(S(N)(=O)=O)cc1. The zero-order valence-corrected chi connectivity index (χ0v) is 14.0. The van der Waals surface area contributed by atoms with Crippen LogP contribution in [0, 0.1) is 0 Å². The van der Waals surface area contributed by atoms with Crippen LogP contribution in [-0.4, -0.2) is 18.2 Å². The lowest BCUT2D eigenvalue weighted by molar-refractivity contribution is 0.598. The van der Waals surface area contributed by atoms with Gasteiger partial charge in [-0.15, -0.1) is 0 Å². The average Bonchev–Trinajstić information content (AvgIpc) is 2.88. The fourth-order valence-corrected chi connectivity index (χ4v) is 2.81. The van der Waals surface area contributed by atoms with Gasteiger partial charge in [-0.1, -0.05) is 24.8 Å². The van der Waals surface area contributed by atoms with Crippen LogP contribution in [0.3, 0.4) is 0 Å². The fraction of sp³-hybridized carbons (Fsp3) is 0. The summed E-state index contributed by atoms with van der Waals surface area (Å²) < 4.78 is 23.9. The number of nitrogens with zero attached hydrogens (tertiary/aromatic N) is 1. The van der Waals surface area contributed by atoms with E-state index in [0.29, 0.717) is 21.9 Å². The van der Waals surface area contributed by atoms with Gasteiger partial charge < -0.3 is 5.32 Å². The smallest absolute Gasteiger partial charge is 0.280 e. The van der Waals surface area contributed by atoms with Crippen molar-refractivity contribution in [2.75, 3.05) is 5.32 Å². The molecule has 3 rings (SSSR count). The minimum Gasteiger partial charge on any atom is -0.361 e.